The SMILES string of the molecule is CCC(=O)c1ccc(-c2ccc(C)c(Br)c2)o1. The molecule has 88 valence electrons. The number of hydrogen-bond donors (Lipinski definition) is 0. The van der Waals surface area contributed by atoms with Crippen molar-refractivity contribution in [2.24, 2.45) is 0 Å². The van der Waals surface area contributed by atoms with Gasteiger partial charge in [0.15, 0.2) is 11.5 Å². The molecular formula is C14H13BrO2. The summed E-state index contributed by atoms with van der Waals surface area (Å²) in [5, 5.41) is 0. The Kier molecular flexibility index (Phi) is 3.48. The largest absolute Gasteiger partial charge is 0.453 e. The summed E-state index contributed by atoms with van der Waals surface area (Å²) in [6.45, 7) is 3.86. The van der Waals surface area contributed by atoms with Gasteiger partial charge in [-0.25, -0.2) is 0 Å². The van der Waals surface area contributed by atoms with Crippen molar-refractivity contribution in [3.05, 3.63) is 46.1 Å². The average Bonchev–Trinajstić information content (AvgIpc) is 2.81. The third-order valence-electron chi connectivity index (χ3n) is 2.66. The number of halogens is 1. The fraction of sp³-hybridized carbons (Fsp3) is 0.214. The first-order valence-corrected chi connectivity index (χ1v) is 6.30. The summed E-state index contributed by atoms with van der Waals surface area (Å²) in [4.78, 5) is 11.5. The van der Waals surface area contributed by atoms with Crippen molar-refractivity contribution in [1.82, 2.24) is 0 Å². The maximum Gasteiger partial charge on any atom is 0.197 e. The van der Waals surface area contributed by atoms with Crippen LogP contribution in [-0.4, -0.2) is 5.78 Å². The standard InChI is InChI=1S/C14H13BrO2/c1-3-12(16)14-7-6-13(17-14)10-5-4-9(2)11(15)8-10/h4-8H,3H2,1-2H3. The Hall–Kier alpha value is -1.35. The maximum absolute atomic E-state index is 11.5. The van der Waals surface area contributed by atoms with E-state index in [1.165, 1.54) is 5.56 Å². The van der Waals surface area contributed by atoms with Gasteiger partial charge in [-0.15, -0.1) is 0 Å². The van der Waals surface area contributed by atoms with E-state index in [2.05, 4.69) is 15.9 Å². The number of furan rings is 1. The summed E-state index contributed by atoms with van der Waals surface area (Å²) < 4.78 is 6.58. The molecule has 0 radical (unpaired) electrons. The van der Waals surface area contributed by atoms with Crippen LogP contribution in [-0.2, 0) is 0 Å². The molecule has 1 aromatic heterocycles. The Balaban J connectivity index is 2.37. The Morgan fingerprint density at radius 3 is 2.71 bits per heavy atom. The third-order valence-corrected chi connectivity index (χ3v) is 3.51. The van der Waals surface area contributed by atoms with Gasteiger partial charge in [0.25, 0.3) is 0 Å². The lowest BCUT2D eigenvalue weighted by molar-refractivity contribution is 0.0962. The Morgan fingerprint density at radius 2 is 2.06 bits per heavy atom. The van der Waals surface area contributed by atoms with Gasteiger partial charge in [0, 0.05) is 16.5 Å². The molecule has 0 unspecified atom stereocenters. The number of rotatable bonds is 3. The molecule has 0 aliphatic rings. The summed E-state index contributed by atoms with van der Waals surface area (Å²) in [6, 6.07) is 9.56. The van der Waals surface area contributed by atoms with Crippen LogP contribution in [0.25, 0.3) is 11.3 Å². The molecule has 3 heteroatoms. The first-order chi connectivity index (χ1) is 8.11. The molecule has 0 bridgehead atoms. The lowest BCUT2D eigenvalue weighted by Crippen LogP contribution is -1.92. The fourth-order valence-corrected chi connectivity index (χ4v) is 1.94. The summed E-state index contributed by atoms with van der Waals surface area (Å²) in [7, 11) is 0. The lowest BCUT2D eigenvalue weighted by atomic mass is 10.1. The smallest absolute Gasteiger partial charge is 0.197 e. The predicted molar refractivity (Wildman–Crippen MR) is 71.2 cm³/mol. The molecule has 2 aromatic rings. The monoisotopic (exact) mass is 292 g/mol. The molecule has 1 aromatic carbocycles. The van der Waals surface area contributed by atoms with E-state index in [9.17, 15) is 4.79 Å². The normalized spacial score (nSPS) is 10.5. The van der Waals surface area contributed by atoms with E-state index in [4.69, 9.17) is 4.42 Å². The van der Waals surface area contributed by atoms with Crippen LogP contribution in [0, 0.1) is 6.92 Å². The zero-order valence-corrected chi connectivity index (χ0v) is 11.4. The number of benzene rings is 1. The van der Waals surface area contributed by atoms with Crippen LogP contribution in [0.4, 0.5) is 0 Å². The van der Waals surface area contributed by atoms with Gasteiger partial charge < -0.3 is 4.42 Å². The van der Waals surface area contributed by atoms with E-state index in [0.29, 0.717) is 12.2 Å². The molecule has 0 amide bonds. The van der Waals surface area contributed by atoms with E-state index in [-0.39, 0.29) is 5.78 Å². The minimum absolute atomic E-state index is 0.0300. The fourth-order valence-electron chi connectivity index (χ4n) is 1.56. The molecule has 0 saturated heterocycles. The maximum atomic E-state index is 11.5. The second-order valence-electron chi connectivity index (χ2n) is 3.90. The first-order valence-electron chi connectivity index (χ1n) is 5.51. The van der Waals surface area contributed by atoms with Crippen molar-refractivity contribution in [1.29, 1.82) is 0 Å². The lowest BCUT2D eigenvalue weighted by Gasteiger charge is -2.01. The van der Waals surface area contributed by atoms with Crippen LogP contribution in [0.3, 0.4) is 0 Å². The second kappa shape index (κ2) is 4.88. The number of ketones is 1. The predicted octanol–water partition coefficient (Wildman–Crippen LogP) is 4.61. The summed E-state index contributed by atoms with van der Waals surface area (Å²) in [6.07, 6.45) is 0.463. The van der Waals surface area contributed by atoms with Crippen molar-refractivity contribution in [3.8, 4) is 11.3 Å². The van der Waals surface area contributed by atoms with Gasteiger partial charge >= 0.3 is 0 Å². The minimum Gasteiger partial charge on any atom is -0.453 e. The van der Waals surface area contributed by atoms with E-state index >= 15 is 0 Å². The molecule has 0 aliphatic heterocycles. The van der Waals surface area contributed by atoms with Crippen LogP contribution in [0.15, 0.2) is 39.2 Å². The highest BCUT2D eigenvalue weighted by Gasteiger charge is 2.10. The van der Waals surface area contributed by atoms with Crippen molar-refractivity contribution in [2.75, 3.05) is 0 Å². The summed E-state index contributed by atoms with van der Waals surface area (Å²) in [5.41, 5.74) is 2.14. The van der Waals surface area contributed by atoms with E-state index in [1.807, 2.05) is 38.1 Å². The Labute approximate surface area is 109 Å². The van der Waals surface area contributed by atoms with Crippen LogP contribution < -0.4 is 0 Å². The molecule has 2 rings (SSSR count). The highest BCUT2D eigenvalue weighted by atomic mass is 79.9. The summed E-state index contributed by atoms with van der Waals surface area (Å²) >= 11 is 3.48. The van der Waals surface area contributed by atoms with Crippen LogP contribution >= 0.6 is 15.9 Å². The highest BCUT2D eigenvalue weighted by molar-refractivity contribution is 9.10. The van der Waals surface area contributed by atoms with Gasteiger partial charge in [0.1, 0.15) is 5.76 Å². The van der Waals surface area contributed by atoms with Crippen LogP contribution in [0.1, 0.15) is 29.5 Å². The quantitative estimate of drug-likeness (QED) is 0.773. The molecule has 17 heavy (non-hydrogen) atoms. The molecule has 0 atom stereocenters. The molecule has 0 saturated carbocycles. The van der Waals surface area contributed by atoms with Crippen LogP contribution in [0.2, 0.25) is 0 Å². The molecule has 0 spiro atoms. The first kappa shape index (κ1) is 12.1. The summed E-state index contributed by atoms with van der Waals surface area (Å²) in [5.74, 6) is 1.18. The van der Waals surface area contributed by atoms with Crippen molar-refractivity contribution < 1.29 is 9.21 Å². The minimum atomic E-state index is 0.0300. The van der Waals surface area contributed by atoms with Gasteiger partial charge in [0.2, 0.25) is 0 Å². The number of hydrogen-bond acceptors (Lipinski definition) is 2. The molecule has 1 heterocycles. The Bertz CT molecular complexity index is 555. The second-order valence-corrected chi connectivity index (χ2v) is 4.76. The third kappa shape index (κ3) is 2.50. The molecule has 0 fully saturated rings. The number of aryl methyl sites for hydroxylation is 1. The van der Waals surface area contributed by atoms with Gasteiger partial charge in [-0.05, 0) is 30.7 Å². The van der Waals surface area contributed by atoms with Crippen molar-refractivity contribution in [3.63, 3.8) is 0 Å². The average molecular weight is 293 g/mol. The Morgan fingerprint density at radius 1 is 1.29 bits per heavy atom. The van der Waals surface area contributed by atoms with Gasteiger partial charge in [-0.2, -0.15) is 0 Å². The van der Waals surface area contributed by atoms with E-state index in [0.717, 1.165) is 15.8 Å². The number of carbonyl (C=O) groups excluding carboxylic acids is 1. The molecule has 2 nitrogen and oxygen atoms in total. The van der Waals surface area contributed by atoms with Gasteiger partial charge in [-0.1, -0.05) is 35.0 Å². The molecule has 0 N–H and O–H groups in total. The zero-order valence-electron chi connectivity index (χ0n) is 9.79. The highest BCUT2D eigenvalue weighted by Crippen LogP contribution is 2.27. The topological polar surface area (TPSA) is 30.2 Å². The number of carbonyl (C=O) groups is 1. The van der Waals surface area contributed by atoms with E-state index < -0.39 is 0 Å². The van der Waals surface area contributed by atoms with Crippen molar-refractivity contribution in [2.45, 2.75) is 20.3 Å². The van der Waals surface area contributed by atoms with E-state index in [1.54, 1.807) is 6.07 Å². The molecular weight excluding hydrogens is 280 g/mol. The van der Waals surface area contributed by atoms with Gasteiger partial charge in [-0.3, -0.25) is 4.79 Å². The van der Waals surface area contributed by atoms with Crippen LogP contribution in [0.5, 0.6) is 0 Å². The van der Waals surface area contributed by atoms with Crippen molar-refractivity contribution >= 4 is 21.7 Å². The zero-order chi connectivity index (χ0) is 12.4. The number of Topliss-reactive ketones (excluding diaryl/α,β-unsaturated/α-hetero) is 1. The molecule has 0 aliphatic carbocycles. The van der Waals surface area contributed by atoms with Gasteiger partial charge in [0.05, 0.1) is 0 Å².